The Labute approximate surface area is 158 Å². The van der Waals surface area contributed by atoms with E-state index in [9.17, 15) is 4.79 Å². The number of ether oxygens (including phenoxy) is 1. The first-order valence-electron chi connectivity index (χ1n) is 9.04. The summed E-state index contributed by atoms with van der Waals surface area (Å²) in [5.74, 6) is 0.537. The summed E-state index contributed by atoms with van der Waals surface area (Å²) in [5, 5.41) is 11.4. The quantitative estimate of drug-likeness (QED) is 0.695. The fraction of sp³-hybridized carbons (Fsp3) is 0.300. The molecule has 7 nitrogen and oxygen atoms in total. The molecule has 0 bridgehead atoms. The summed E-state index contributed by atoms with van der Waals surface area (Å²) in [6, 6.07) is 11.2. The Kier molecular flexibility index (Phi) is 5.80. The van der Waals surface area contributed by atoms with Gasteiger partial charge in [0.2, 0.25) is 0 Å². The second kappa shape index (κ2) is 8.44. The molecule has 3 rings (SSSR count). The Balaban J connectivity index is 2.05. The SMILES string of the molecule is CCOc1ccc(-n2nnc(C(=O)N[C@H](C)CC)c2-c2ccncc2)cc1. The van der Waals surface area contributed by atoms with Crippen LogP contribution < -0.4 is 10.1 Å². The van der Waals surface area contributed by atoms with Crippen molar-refractivity contribution in [3.05, 3.63) is 54.5 Å². The Morgan fingerprint density at radius 2 is 1.85 bits per heavy atom. The second-order valence-electron chi connectivity index (χ2n) is 6.14. The third-order valence-electron chi connectivity index (χ3n) is 4.22. The number of rotatable bonds is 7. The fourth-order valence-electron chi connectivity index (χ4n) is 2.63. The van der Waals surface area contributed by atoms with Crippen molar-refractivity contribution >= 4 is 5.91 Å². The van der Waals surface area contributed by atoms with Gasteiger partial charge in [0.25, 0.3) is 5.91 Å². The smallest absolute Gasteiger partial charge is 0.274 e. The lowest BCUT2D eigenvalue weighted by atomic mass is 10.1. The zero-order chi connectivity index (χ0) is 19.2. The summed E-state index contributed by atoms with van der Waals surface area (Å²) in [4.78, 5) is 16.8. The summed E-state index contributed by atoms with van der Waals surface area (Å²) in [7, 11) is 0. The average Bonchev–Trinajstić information content (AvgIpc) is 3.14. The third kappa shape index (κ3) is 4.13. The number of aromatic nitrogens is 4. The van der Waals surface area contributed by atoms with Crippen molar-refractivity contribution in [1.82, 2.24) is 25.3 Å². The van der Waals surface area contributed by atoms with Gasteiger partial charge in [-0.05, 0) is 56.7 Å². The van der Waals surface area contributed by atoms with Crippen molar-refractivity contribution in [1.29, 1.82) is 0 Å². The standard InChI is InChI=1S/C20H23N5O2/c1-4-14(3)22-20(26)18-19(15-10-12-21-13-11-15)25(24-23-18)16-6-8-17(9-7-16)27-5-2/h6-14H,4-5H2,1-3H3,(H,22,26)/t14-/m1/s1. The molecule has 1 aromatic carbocycles. The number of carbonyl (C=O) groups excluding carboxylic acids is 1. The van der Waals surface area contributed by atoms with Crippen molar-refractivity contribution in [2.24, 2.45) is 0 Å². The maximum absolute atomic E-state index is 12.7. The molecule has 0 aliphatic carbocycles. The summed E-state index contributed by atoms with van der Waals surface area (Å²) < 4.78 is 7.16. The van der Waals surface area contributed by atoms with E-state index in [1.807, 2.05) is 57.2 Å². The van der Waals surface area contributed by atoms with Crippen LogP contribution in [0.1, 0.15) is 37.7 Å². The first kappa shape index (κ1) is 18.6. The molecular formula is C20H23N5O2. The summed E-state index contributed by atoms with van der Waals surface area (Å²) >= 11 is 0. The van der Waals surface area contributed by atoms with Crippen LogP contribution >= 0.6 is 0 Å². The second-order valence-corrected chi connectivity index (χ2v) is 6.14. The number of nitrogens with zero attached hydrogens (tertiary/aromatic N) is 4. The van der Waals surface area contributed by atoms with Crippen LogP contribution in [0.4, 0.5) is 0 Å². The Bertz CT molecular complexity index is 890. The van der Waals surface area contributed by atoms with E-state index in [2.05, 4.69) is 20.6 Å². The van der Waals surface area contributed by atoms with E-state index < -0.39 is 0 Å². The number of carbonyl (C=O) groups is 1. The van der Waals surface area contributed by atoms with Crippen molar-refractivity contribution in [3.8, 4) is 22.7 Å². The molecule has 1 N–H and O–H groups in total. The van der Waals surface area contributed by atoms with E-state index in [0.717, 1.165) is 23.4 Å². The number of nitrogens with one attached hydrogen (secondary N) is 1. The summed E-state index contributed by atoms with van der Waals surface area (Å²) in [5.41, 5.74) is 2.52. The average molecular weight is 365 g/mol. The van der Waals surface area contributed by atoms with E-state index in [-0.39, 0.29) is 17.6 Å². The highest BCUT2D eigenvalue weighted by Crippen LogP contribution is 2.26. The number of hydrogen-bond donors (Lipinski definition) is 1. The molecule has 7 heteroatoms. The topological polar surface area (TPSA) is 81.9 Å². The van der Waals surface area contributed by atoms with Crippen molar-refractivity contribution < 1.29 is 9.53 Å². The molecule has 0 saturated carbocycles. The molecular weight excluding hydrogens is 342 g/mol. The Morgan fingerprint density at radius 1 is 1.15 bits per heavy atom. The van der Waals surface area contributed by atoms with Gasteiger partial charge in [0.1, 0.15) is 11.4 Å². The lowest BCUT2D eigenvalue weighted by Crippen LogP contribution is -2.32. The summed E-state index contributed by atoms with van der Waals surface area (Å²) in [6.45, 7) is 6.52. The van der Waals surface area contributed by atoms with Gasteiger partial charge in [0, 0.05) is 24.0 Å². The number of hydrogen-bond acceptors (Lipinski definition) is 5. The minimum Gasteiger partial charge on any atom is -0.494 e. The van der Waals surface area contributed by atoms with Gasteiger partial charge in [-0.3, -0.25) is 9.78 Å². The molecule has 2 aromatic heterocycles. The van der Waals surface area contributed by atoms with Gasteiger partial charge < -0.3 is 10.1 Å². The molecule has 0 spiro atoms. The van der Waals surface area contributed by atoms with E-state index in [1.165, 1.54) is 0 Å². The molecule has 3 aromatic rings. The van der Waals surface area contributed by atoms with Gasteiger partial charge in [-0.25, -0.2) is 4.68 Å². The van der Waals surface area contributed by atoms with Gasteiger partial charge in [-0.15, -0.1) is 5.10 Å². The predicted octanol–water partition coefficient (Wildman–Crippen LogP) is 3.26. The van der Waals surface area contributed by atoms with Crippen molar-refractivity contribution in [3.63, 3.8) is 0 Å². The van der Waals surface area contributed by atoms with E-state index in [0.29, 0.717) is 12.3 Å². The van der Waals surface area contributed by atoms with Crippen molar-refractivity contribution in [2.45, 2.75) is 33.2 Å². The molecule has 1 amide bonds. The molecule has 140 valence electrons. The molecule has 1 atom stereocenters. The molecule has 0 fully saturated rings. The van der Waals surface area contributed by atoms with Gasteiger partial charge >= 0.3 is 0 Å². The van der Waals surface area contributed by atoms with Gasteiger partial charge in [-0.2, -0.15) is 0 Å². The van der Waals surface area contributed by atoms with Crippen LogP contribution in [0.25, 0.3) is 16.9 Å². The maximum atomic E-state index is 12.7. The highest BCUT2D eigenvalue weighted by molar-refractivity contribution is 5.98. The molecule has 0 aliphatic rings. The van der Waals surface area contributed by atoms with Crippen LogP contribution in [0.5, 0.6) is 5.75 Å². The highest BCUT2D eigenvalue weighted by atomic mass is 16.5. The van der Waals surface area contributed by atoms with Crippen molar-refractivity contribution in [2.75, 3.05) is 6.61 Å². The zero-order valence-corrected chi connectivity index (χ0v) is 15.7. The third-order valence-corrected chi connectivity index (χ3v) is 4.22. The molecule has 0 aliphatic heterocycles. The molecule has 0 radical (unpaired) electrons. The number of amides is 1. The highest BCUT2D eigenvalue weighted by Gasteiger charge is 2.23. The van der Waals surface area contributed by atoms with E-state index >= 15 is 0 Å². The van der Waals surface area contributed by atoms with Crippen LogP contribution in [0.15, 0.2) is 48.8 Å². The van der Waals surface area contributed by atoms with Crippen LogP contribution in [-0.4, -0.2) is 38.5 Å². The van der Waals surface area contributed by atoms with Gasteiger partial charge in [-0.1, -0.05) is 12.1 Å². The van der Waals surface area contributed by atoms with Crippen LogP contribution in [0.3, 0.4) is 0 Å². The largest absolute Gasteiger partial charge is 0.494 e. The van der Waals surface area contributed by atoms with Crippen LogP contribution in [-0.2, 0) is 0 Å². The van der Waals surface area contributed by atoms with E-state index in [4.69, 9.17) is 4.74 Å². The minimum atomic E-state index is -0.242. The Hall–Kier alpha value is -3.22. The van der Waals surface area contributed by atoms with E-state index in [1.54, 1.807) is 17.1 Å². The number of pyridine rings is 1. The molecule has 27 heavy (non-hydrogen) atoms. The number of benzene rings is 1. The van der Waals surface area contributed by atoms with Crippen LogP contribution in [0, 0.1) is 0 Å². The molecule has 2 heterocycles. The zero-order valence-electron chi connectivity index (χ0n) is 15.7. The first-order chi connectivity index (χ1) is 13.1. The fourth-order valence-corrected chi connectivity index (χ4v) is 2.63. The van der Waals surface area contributed by atoms with Crippen LogP contribution in [0.2, 0.25) is 0 Å². The minimum absolute atomic E-state index is 0.0541. The lowest BCUT2D eigenvalue weighted by molar-refractivity contribution is 0.0935. The molecule has 0 saturated heterocycles. The van der Waals surface area contributed by atoms with Gasteiger partial charge in [0.05, 0.1) is 12.3 Å². The Morgan fingerprint density at radius 3 is 2.48 bits per heavy atom. The first-order valence-corrected chi connectivity index (χ1v) is 9.04. The summed E-state index contributed by atoms with van der Waals surface area (Å²) in [6.07, 6.45) is 4.20. The molecule has 0 unspecified atom stereocenters. The lowest BCUT2D eigenvalue weighted by Gasteiger charge is -2.12. The monoisotopic (exact) mass is 365 g/mol. The normalized spacial score (nSPS) is 11.8. The predicted molar refractivity (Wildman–Crippen MR) is 103 cm³/mol. The van der Waals surface area contributed by atoms with Gasteiger partial charge in [0.15, 0.2) is 5.69 Å². The maximum Gasteiger partial charge on any atom is 0.274 e.